The van der Waals surface area contributed by atoms with Crippen molar-refractivity contribution in [2.24, 2.45) is 0 Å². The van der Waals surface area contributed by atoms with Gasteiger partial charge in [0, 0.05) is 12.3 Å². The number of hydrogen-bond donors (Lipinski definition) is 3. The summed E-state index contributed by atoms with van der Waals surface area (Å²) < 4.78 is 35.7. The number of ether oxygens (including phenoxy) is 1. The van der Waals surface area contributed by atoms with Crippen molar-refractivity contribution in [3.05, 3.63) is 33.1 Å². The van der Waals surface area contributed by atoms with Gasteiger partial charge in [0.05, 0.1) is 6.10 Å². The summed E-state index contributed by atoms with van der Waals surface area (Å²) in [6.45, 7) is 1.29. The molecule has 0 bridgehead atoms. The number of rotatable bonds is 4. The Morgan fingerprint density at radius 3 is 2.76 bits per heavy atom. The molecule has 0 saturated carbocycles. The predicted octanol–water partition coefficient (Wildman–Crippen LogP) is -1.08. The zero-order valence-corrected chi connectivity index (χ0v) is 11.8. The molecular weight excluding hydrogens is 310 g/mol. The highest BCUT2D eigenvalue weighted by Crippen LogP contribution is 2.38. The van der Waals surface area contributed by atoms with Gasteiger partial charge in [0.2, 0.25) is 0 Å². The van der Waals surface area contributed by atoms with E-state index in [0.29, 0.717) is 0 Å². The first-order chi connectivity index (χ1) is 9.81. The number of aliphatic hydroxyl groups is 1. The lowest BCUT2D eigenvalue weighted by Crippen LogP contribution is -2.37. The summed E-state index contributed by atoms with van der Waals surface area (Å²) in [7, 11) is -3.46. The van der Waals surface area contributed by atoms with Gasteiger partial charge in [-0.05, 0) is 6.92 Å². The van der Waals surface area contributed by atoms with E-state index in [0.717, 1.165) is 16.8 Å². The fraction of sp³-hybridized carbons (Fsp3) is 0.600. The van der Waals surface area contributed by atoms with E-state index in [1.165, 1.54) is 6.92 Å². The molecule has 118 valence electrons. The van der Waals surface area contributed by atoms with Crippen molar-refractivity contribution in [1.29, 1.82) is 0 Å². The van der Waals surface area contributed by atoms with Gasteiger partial charge in [0.25, 0.3) is 5.56 Å². The van der Waals surface area contributed by atoms with Crippen LogP contribution in [0.4, 0.5) is 4.39 Å². The molecule has 0 radical (unpaired) electrons. The minimum Gasteiger partial charge on any atom is -0.391 e. The fourth-order valence-electron chi connectivity index (χ4n) is 2.14. The number of halogens is 1. The van der Waals surface area contributed by atoms with Crippen LogP contribution in [-0.2, 0) is 13.8 Å². The Balaban J connectivity index is 2.35. The number of aromatic amines is 1. The highest BCUT2D eigenvalue weighted by Gasteiger charge is 2.49. The van der Waals surface area contributed by atoms with Gasteiger partial charge in [-0.1, -0.05) is 0 Å². The van der Waals surface area contributed by atoms with E-state index in [2.05, 4.69) is 4.52 Å². The van der Waals surface area contributed by atoms with E-state index in [9.17, 15) is 23.7 Å². The van der Waals surface area contributed by atoms with Crippen molar-refractivity contribution in [1.82, 2.24) is 9.55 Å². The summed E-state index contributed by atoms with van der Waals surface area (Å²) in [5.74, 6) is 0. The van der Waals surface area contributed by atoms with E-state index in [1.54, 1.807) is 0 Å². The third kappa shape index (κ3) is 3.30. The highest BCUT2D eigenvalue weighted by atomic mass is 31.1. The second-order valence-corrected chi connectivity index (χ2v) is 5.31. The number of nitrogens with one attached hydrogen (secondary N) is 1. The van der Waals surface area contributed by atoms with Crippen LogP contribution in [-0.4, -0.2) is 44.0 Å². The lowest BCUT2D eigenvalue weighted by molar-refractivity contribution is -0.0756. The first kappa shape index (κ1) is 16.1. The van der Waals surface area contributed by atoms with Crippen molar-refractivity contribution in [3.8, 4) is 0 Å². The van der Waals surface area contributed by atoms with Gasteiger partial charge in [0.15, 0.2) is 12.4 Å². The molecule has 1 saturated heterocycles. The quantitative estimate of drug-likeness (QED) is 0.600. The van der Waals surface area contributed by atoms with E-state index < -0.39 is 50.2 Å². The highest BCUT2D eigenvalue weighted by molar-refractivity contribution is 7.32. The molecule has 0 aliphatic carbocycles. The molecule has 1 aromatic heterocycles. The van der Waals surface area contributed by atoms with E-state index in [4.69, 9.17) is 9.63 Å². The van der Waals surface area contributed by atoms with E-state index >= 15 is 0 Å². The van der Waals surface area contributed by atoms with Crippen LogP contribution in [0.3, 0.4) is 0 Å². The van der Waals surface area contributed by atoms with Gasteiger partial charge in [0.1, 0.15) is 12.2 Å². The summed E-state index contributed by atoms with van der Waals surface area (Å²) in [5.41, 5.74) is -1.57. The van der Waals surface area contributed by atoms with Crippen LogP contribution in [0.1, 0.15) is 13.2 Å². The van der Waals surface area contributed by atoms with Gasteiger partial charge in [-0.25, -0.2) is 9.18 Å². The SMILES string of the molecule is C[C@@H](O)C1OC(n2ccc(=O)[nH]c2=O)C(F)C1O[PH](=O)O. The third-order valence-corrected chi connectivity index (χ3v) is 3.52. The Morgan fingerprint density at radius 1 is 1.57 bits per heavy atom. The minimum atomic E-state index is -3.46. The van der Waals surface area contributed by atoms with Gasteiger partial charge in [-0.2, -0.15) is 0 Å². The number of alkyl halides is 1. The van der Waals surface area contributed by atoms with Crippen molar-refractivity contribution in [2.45, 2.75) is 37.6 Å². The van der Waals surface area contributed by atoms with E-state index in [-0.39, 0.29) is 0 Å². The molecule has 2 rings (SSSR count). The van der Waals surface area contributed by atoms with Crippen molar-refractivity contribution >= 4 is 8.25 Å². The molecule has 3 N–H and O–H groups in total. The monoisotopic (exact) mass is 324 g/mol. The molecular formula is C10H14FN2O7P. The number of aliphatic hydroxyl groups excluding tert-OH is 1. The van der Waals surface area contributed by atoms with Gasteiger partial charge >= 0.3 is 13.9 Å². The summed E-state index contributed by atoms with van der Waals surface area (Å²) in [4.78, 5) is 33.3. The normalized spacial score (nSPS) is 32.0. The number of aromatic nitrogens is 2. The maximum Gasteiger partial charge on any atom is 0.330 e. The van der Waals surface area contributed by atoms with Crippen molar-refractivity contribution in [3.63, 3.8) is 0 Å². The molecule has 1 aliphatic heterocycles. The smallest absolute Gasteiger partial charge is 0.330 e. The molecule has 11 heteroatoms. The Bertz CT molecular complexity index is 645. The zero-order chi connectivity index (χ0) is 15.7. The van der Waals surface area contributed by atoms with Crippen LogP contribution in [0.5, 0.6) is 0 Å². The lowest BCUT2D eigenvalue weighted by atomic mass is 10.1. The molecule has 21 heavy (non-hydrogen) atoms. The Kier molecular flexibility index (Phi) is 4.74. The maximum absolute atomic E-state index is 14.3. The molecule has 0 amide bonds. The minimum absolute atomic E-state index is 0.662. The van der Waals surface area contributed by atoms with Crippen LogP contribution in [0, 0.1) is 0 Å². The van der Waals surface area contributed by atoms with Crippen LogP contribution < -0.4 is 11.2 Å². The molecule has 0 aromatic carbocycles. The van der Waals surface area contributed by atoms with Gasteiger partial charge in [-0.3, -0.25) is 18.9 Å². The van der Waals surface area contributed by atoms with Crippen LogP contribution in [0.2, 0.25) is 0 Å². The molecule has 2 heterocycles. The van der Waals surface area contributed by atoms with Gasteiger partial charge < -0.3 is 19.3 Å². The second-order valence-electron chi connectivity index (χ2n) is 4.54. The average molecular weight is 324 g/mol. The first-order valence-corrected chi connectivity index (χ1v) is 7.26. The van der Waals surface area contributed by atoms with Crippen LogP contribution in [0.25, 0.3) is 0 Å². The summed E-state index contributed by atoms with van der Waals surface area (Å²) >= 11 is 0. The fourth-order valence-corrected chi connectivity index (χ4v) is 2.64. The number of H-pyrrole nitrogens is 1. The Labute approximate surface area is 117 Å². The Morgan fingerprint density at radius 2 is 2.24 bits per heavy atom. The van der Waals surface area contributed by atoms with E-state index in [1.807, 2.05) is 4.98 Å². The lowest BCUT2D eigenvalue weighted by Gasteiger charge is -2.19. The zero-order valence-electron chi connectivity index (χ0n) is 10.8. The molecule has 6 atom stereocenters. The Hall–Kier alpha value is -1.32. The summed E-state index contributed by atoms with van der Waals surface area (Å²) in [6.07, 6.45) is -6.37. The van der Waals surface area contributed by atoms with Crippen molar-refractivity contribution < 1.29 is 28.2 Å². The molecule has 5 unspecified atom stereocenters. The van der Waals surface area contributed by atoms with Crippen LogP contribution in [0.15, 0.2) is 21.9 Å². The second kappa shape index (κ2) is 6.20. The van der Waals surface area contributed by atoms with Crippen LogP contribution >= 0.6 is 8.25 Å². The average Bonchev–Trinajstić information content (AvgIpc) is 2.67. The molecule has 0 spiro atoms. The summed E-state index contributed by atoms with van der Waals surface area (Å²) in [6, 6.07) is 0.998. The summed E-state index contributed by atoms with van der Waals surface area (Å²) in [5, 5.41) is 9.54. The van der Waals surface area contributed by atoms with Crippen molar-refractivity contribution in [2.75, 3.05) is 0 Å². The number of nitrogens with zero attached hydrogens (tertiary/aromatic N) is 1. The van der Waals surface area contributed by atoms with Gasteiger partial charge in [-0.15, -0.1) is 0 Å². The maximum atomic E-state index is 14.3. The molecule has 1 aromatic rings. The molecule has 1 aliphatic rings. The molecule has 9 nitrogen and oxygen atoms in total. The molecule has 1 fully saturated rings. The third-order valence-electron chi connectivity index (χ3n) is 3.04. The largest absolute Gasteiger partial charge is 0.391 e. The first-order valence-electron chi connectivity index (χ1n) is 6.00. The predicted molar refractivity (Wildman–Crippen MR) is 67.9 cm³/mol. The standard InChI is InChI=1S/C10H14FN2O7P/c1-4(14)7-8(20-21(17)18)6(11)9(19-7)13-3-2-5(15)12-10(13)16/h2-4,6-9,14,21H,1H3,(H,17,18)(H,12,15,16)/t4-,6?,7?,8?,9?/m1/s1. The topological polar surface area (TPSA) is 131 Å². The number of hydrogen-bond acceptors (Lipinski definition) is 6.